The lowest BCUT2D eigenvalue weighted by Gasteiger charge is -2.50. The molecule has 4 heteroatoms. The molecule has 3 aliphatic rings. The second-order valence-electron chi connectivity index (χ2n) is 8.79. The number of ether oxygens (including phenoxy) is 1. The van der Waals surface area contributed by atoms with Crippen molar-refractivity contribution in [3.05, 3.63) is 22.8 Å². The van der Waals surface area contributed by atoms with Crippen molar-refractivity contribution in [1.29, 1.82) is 0 Å². The highest BCUT2D eigenvalue weighted by Crippen LogP contribution is 2.64. The van der Waals surface area contributed by atoms with E-state index >= 15 is 0 Å². The van der Waals surface area contributed by atoms with E-state index in [-0.39, 0.29) is 40.8 Å². The van der Waals surface area contributed by atoms with Crippen LogP contribution in [-0.2, 0) is 21.4 Å². The van der Waals surface area contributed by atoms with Crippen molar-refractivity contribution >= 4 is 5.97 Å². The minimum Gasteiger partial charge on any atom is -0.504 e. The molecule has 2 fully saturated rings. The number of hydrogen-bond acceptors (Lipinski definition) is 4. The molecule has 2 bridgehead atoms. The van der Waals surface area contributed by atoms with E-state index < -0.39 is 5.41 Å². The highest BCUT2D eigenvalue weighted by molar-refractivity contribution is 5.90. The smallest absolute Gasteiger partial charge is 0.317 e. The lowest BCUT2D eigenvalue weighted by molar-refractivity contribution is -0.145. The van der Waals surface area contributed by atoms with Gasteiger partial charge in [0.05, 0.1) is 0 Å². The summed E-state index contributed by atoms with van der Waals surface area (Å²) in [4.78, 5) is 12.9. The van der Waals surface area contributed by atoms with E-state index in [0.717, 1.165) is 24.0 Å². The van der Waals surface area contributed by atoms with Crippen molar-refractivity contribution in [2.75, 3.05) is 0 Å². The van der Waals surface area contributed by atoms with Crippen LogP contribution in [0.25, 0.3) is 0 Å². The Labute approximate surface area is 142 Å². The number of fused-ring (bicyclic) bond motifs is 1. The molecular formula is C20H26O4. The monoisotopic (exact) mass is 330 g/mol. The van der Waals surface area contributed by atoms with Gasteiger partial charge in [-0.2, -0.15) is 0 Å². The molecule has 0 amide bonds. The largest absolute Gasteiger partial charge is 0.504 e. The SMILES string of the molecule is CC(C)c1cc2c(c(O)c1O)C13CCCC(C)(C)C1C(C2)OC3=O. The van der Waals surface area contributed by atoms with E-state index in [1.165, 1.54) is 0 Å². The second kappa shape index (κ2) is 4.68. The Kier molecular flexibility index (Phi) is 3.08. The number of rotatable bonds is 1. The van der Waals surface area contributed by atoms with Crippen LogP contribution in [0, 0.1) is 11.3 Å². The molecule has 1 saturated carbocycles. The summed E-state index contributed by atoms with van der Waals surface area (Å²) in [5, 5.41) is 21.4. The van der Waals surface area contributed by atoms with E-state index in [0.29, 0.717) is 18.4 Å². The van der Waals surface area contributed by atoms with Gasteiger partial charge in [0, 0.05) is 23.5 Å². The first-order valence-electron chi connectivity index (χ1n) is 8.99. The number of benzene rings is 1. The molecule has 1 heterocycles. The zero-order valence-electron chi connectivity index (χ0n) is 14.8. The molecule has 130 valence electrons. The van der Waals surface area contributed by atoms with Gasteiger partial charge in [-0.1, -0.05) is 40.2 Å². The summed E-state index contributed by atoms with van der Waals surface area (Å²) < 4.78 is 5.80. The van der Waals surface area contributed by atoms with Gasteiger partial charge in [0.15, 0.2) is 11.5 Å². The van der Waals surface area contributed by atoms with Gasteiger partial charge >= 0.3 is 5.97 Å². The lowest BCUT2D eigenvalue weighted by atomic mass is 9.50. The molecule has 0 spiro atoms. The Balaban J connectivity index is 2.01. The zero-order valence-corrected chi connectivity index (χ0v) is 14.8. The van der Waals surface area contributed by atoms with Crippen molar-refractivity contribution in [3.8, 4) is 11.5 Å². The molecular weight excluding hydrogens is 304 g/mol. The van der Waals surface area contributed by atoms with Crippen LogP contribution in [0.3, 0.4) is 0 Å². The predicted octanol–water partition coefficient (Wildman–Crippen LogP) is 3.77. The van der Waals surface area contributed by atoms with Crippen LogP contribution in [0.4, 0.5) is 0 Å². The van der Waals surface area contributed by atoms with Gasteiger partial charge in [-0.15, -0.1) is 0 Å². The van der Waals surface area contributed by atoms with Crippen LogP contribution in [0.1, 0.15) is 69.6 Å². The highest BCUT2D eigenvalue weighted by Gasteiger charge is 2.67. The quantitative estimate of drug-likeness (QED) is 0.608. The molecule has 0 aromatic heterocycles. The van der Waals surface area contributed by atoms with E-state index in [2.05, 4.69) is 13.8 Å². The van der Waals surface area contributed by atoms with Gasteiger partial charge in [0.1, 0.15) is 11.5 Å². The summed E-state index contributed by atoms with van der Waals surface area (Å²) in [5.41, 5.74) is 1.53. The molecule has 4 rings (SSSR count). The number of phenolic OH excluding ortho intramolecular Hbond substituents is 2. The van der Waals surface area contributed by atoms with Crippen LogP contribution in [0.15, 0.2) is 6.07 Å². The van der Waals surface area contributed by atoms with Crippen LogP contribution >= 0.6 is 0 Å². The second-order valence-corrected chi connectivity index (χ2v) is 8.79. The fraction of sp³-hybridized carbons (Fsp3) is 0.650. The lowest BCUT2D eigenvalue weighted by Crippen LogP contribution is -2.53. The Morgan fingerprint density at radius 3 is 2.58 bits per heavy atom. The maximum atomic E-state index is 12.9. The van der Waals surface area contributed by atoms with Crippen molar-refractivity contribution < 1.29 is 19.7 Å². The number of carbonyl (C=O) groups is 1. The average Bonchev–Trinajstić information content (AvgIpc) is 2.70. The Bertz CT molecular complexity index is 734. The summed E-state index contributed by atoms with van der Waals surface area (Å²) >= 11 is 0. The van der Waals surface area contributed by atoms with Crippen LogP contribution in [0.5, 0.6) is 11.5 Å². The summed E-state index contributed by atoms with van der Waals surface area (Å²) in [5.74, 6) is -0.215. The van der Waals surface area contributed by atoms with Crippen molar-refractivity contribution in [2.45, 2.75) is 70.8 Å². The van der Waals surface area contributed by atoms with E-state index in [9.17, 15) is 15.0 Å². The normalized spacial score (nSPS) is 33.1. The van der Waals surface area contributed by atoms with Gasteiger partial charge in [-0.25, -0.2) is 0 Å². The first kappa shape index (κ1) is 15.8. The van der Waals surface area contributed by atoms with E-state index in [1.54, 1.807) is 0 Å². The first-order chi connectivity index (χ1) is 11.2. The Morgan fingerprint density at radius 2 is 1.92 bits per heavy atom. The van der Waals surface area contributed by atoms with Crippen molar-refractivity contribution in [3.63, 3.8) is 0 Å². The third-order valence-corrected chi connectivity index (χ3v) is 6.63. The third kappa shape index (κ3) is 1.72. The molecule has 0 radical (unpaired) electrons. The number of esters is 1. The fourth-order valence-electron chi connectivity index (χ4n) is 5.75. The van der Waals surface area contributed by atoms with Gasteiger partial charge < -0.3 is 14.9 Å². The minimum absolute atomic E-state index is 0.0223. The molecule has 3 atom stereocenters. The van der Waals surface area contributed by atoms with Crippen molar-refractivity contribution in [1.82, 2.24) is 0 Å². The van der Waals surface area contributed by atoms with Crippen molar-refractivity contribution in [2.24, 2.45) is 11.3 Å². The van der Waals surface area contributed by atoms with E-state index in [4.69, 9.17) is 4.74 Å². The van der Waals surface area contributed by atoms with Crippen LogP contribution < -0.4 is 0 Å². The Hall–Kier alpha value is -1.71. The van der Waals surface area contributed by atoms with Crippen LogP contribution in [0.2, 0.25) is 0 Å². The fourth-order valence-corrected chi connectivity index (χ4v) is 5.75. The first-order valence-corrected chi connectivity index (χ1v) is 8.99. The van der Waals surface area contributed by atoms with Gasteiger partial charge in [-0.05, 0) is 29.7 Å². The number of aromatic hydroxyl groups is 2. The average molecular weight is 330 g/mol. The summed E-state index contributed by atoms with van der Waals surface area (Å²) in [6.07, 6.45) is 3.18. The molecule has 3 unspecified atom stereocenters. The van der Waals surface area contributed by atoms with Gasteiger partial charge in [0.2, 0.25) is 0 Å². The molecule has 1 aromatic carbocycles. The summed E-state index contributed by atoms with van der Waals surface area (Å²) in [6, 6.07) is 1.98. The predicted molar refractivity (Wildman–Crippen MR) is 90.2 cm³/mol. The molecule has 1 saturated heterocycles. The number of carbonyl (C=O) groups excluding carboxylic acids is 1. The molecule has 2 aliphatic carbocycles. The molecule has 1 aromatic rings. The van der Waals surface area contributed by atoms with Crippen LogP contribution in [-0.4, -0.2) is 22.3 Å². The number of hydrogen-bond donors (Lipinski definition) is 2. The van der Waals surface area contributed by atoms with Gasteiger partial charge in [-0.3, -0.25) is 4.79 Å². The molecule has 2 N–H and O–H groups in total. The highest BCUT2D eigenvalue weighted by atomic mass is 16.6. The molecule has 1 aliphatic heterocycles. The topological polar surface area (TPSA) is 66.8 Å². The number of phenols is 2. The maximum Gasteiger partial charge on any atom is 0.317 e. The minimum atomic E-state index is -0.795. The van der Waals surface area contributed by atoms with Gasteiger partial charge in [0.25, 0.3) is 0 Å². The Morgan fingerprint density at radius 1 is 1.21 bits per heavy atom. The summed E-state index contributed by atoms with van der Waals surface area (Å²) in [7, 11) is 0. The molecule has 24 heavy (non-hydrogen) atoms. The van der Waals surface area contributed by atoms with E-state index in [1.807, 2.05) is 19.9 Å². The molecule has 4 nitrogen and oxygen atoms in total. The standard InChI is InChI=1S/C20H26O4/c1-10(2)12-8-11-9-13-17-19(3,4)6-5-7-20(17,18(23)24-13)14(11)16(22)15(12)21/h8,10,13,17,21-22H,5-7,9H2,1-4H3. The summed E-state index contributed by atoms with van der Waals surface area (Å²) in [6.45, 7) is 8.38. The third-order valence-electron chi connectivity index (χ3n) is 6.63. The maximum absolute atomic E-state index is 12.9. The zero-order chi connectivity index (χ0) is 17.4.